The number of nitrogens with one attached hydrogen (secondary N) is 2. The second kappa shape index (κ2) is 8.57. The monoisotopic (exact) mass is 302 g/mol. The van der Waals surface area contributed by atoms with Crippen molar-refractivity contribution in [1.29, 1.82) is 0 Å². The van der Waals surface area contributed by atoms with E-state index in [1.54, 1.807) is 0 Å². The Kier molecular flexibility index (Phi) is 6.44. The van der Waals surface area contributed by atoms with Gasteiger partial charge in [0.2, 0.25) is 11.8 Å². The predicted octanol–water partition coefficient (Wildman–Crippen LogP) is 3.09. The Balaban J connectivity index is 1.75. The van der Waals surface area contributed by atoms with Gasteiger partial charge in [-0.1, -0.05) is 56.0 Å². The second-order valence-electron chi connectivity index (χ2n) is 6.13. The number of hydrogen-bond acceptors (Lipinski definition) is 2. The van der Waals surface area contributed by atoms with Crippen molar-refractivity contribution >= 4 is 11.8 Å². The fourth-order valence-corrected chi connectivity index (χ4v) is 2.97. The van der Waals surface area contributed by atoms with Crippen molar-refractivity contribution in [3.05, 3.63) is 35.9 Å². The molecule has 2 amide bonds. The zero-order valence-corrected chi connectivity index (χ0v) is 13.3. The minimum absolute atomic E-state index is 0.0839. The molecule has 0 aliphatic heterocycles. The van der Waals surface area contributed by atoms with Crippen molar-refractivity contribution in [1.82, 2.24) is 10.6 Å². The lowest BCUT2D eigenvalue weighted by atomic mass is 10.1. The Hall–Kier alpha value is -1.84. The van der Waals surface area contributed by atoms with Crippen molar-refractivity contribution in [2.24, 2.45) is 0 Å². The van der Waals surface area contributed by atoms with Crippen molar-refractivity contribution in [3.8, 4) is 0 Å². The van der Waals surface area contributed by atoms with Crippen molar-refractivity contribution in [2.75, 3.05) is 0 Å². The maximum Gasteiger partial charge on any atom is 0.229 e. The number of benzene rings is 1. The molecule has 1 aromatic rings. The third-order valence-corrected chi connectivity index (χ3v) is 4.22. The number of hydrogen-bond donors (Lipinski definition) is 2. The van der Waals surface area contributed by atoms with Gasteiger partial charge in [-0.25, -0.2) is 0 Å². The van der Waals surface area contributed by atoms with Crippen LogP contribution in [0.3, 0.4) is 0 Å². The molecule has 2 N–H and O–H groups in total. The van der Waals surface area contributed by atoms with E-state index in [1.165, 1.54) is 25.7 Å². The summed E-state index contributed by atoms with van der Waals surface area (Å²) in [6.45, 7) is 1.93. The Morgan fingerprint density at radius 1 is 1.05 bits per heavy atom. The fraction of sp³-hybridized carbons (Fsp3) is 0.556. The van der Waals surface area contributed by atoms with Gasteiger partial charge in [-0.2, -0.15) is 0 Å². The molecule has 0 radical (unpaired) electrons. The standard InChI is InChI=1S/C18H26N2O2/c1-14(15-9-5-4-6-10-15)19-17(21)13-18(22)20-16-11-7-2-3-8-12-16/h4-6,9-10,14,16H,2-3,7-8,11-13H2,1H3,(H,19,21)(H,20,22). The lowest BCUT2D eigenvalue weighted by Crippen LogP contribution is -2.38. The van der Waals surface area contributed by atoms with Crippen molar-refractivity contribution in [3.63, 3.8) is 0 Å². The Morgan fingerprint density at radius 2 is 1.68 bits per heavy atom. The molecule has 1 saturated carbocycles. The second-order valence-corrected chi connectivity index (χ2v) is 6.13. The summed E-state index contributed by atoms with van der Waals surface area (Å²) < 4.78 is 0. The number of carbonyl (C=O) groups excluding carboxylic acids is 2. The van der Waals surface area contributed by atoms with Gasteiger partial charge in [-0.3, -0.25) is 9.59 Å². The molecule has 1 fully saturated rings. The summed E-state index contributed by atoms with van der Waals surface area (Å²) in [5, 5.41) is 5.88. The van der Waals surface area contributed by atoms with Crippen LogP contribution < -0.4 is 10.6 Å². The molecule has 0 bridgehead atoms. The molecule has 1 aliphatic rings. The topological polar surface area (TPSA) is 58.2 Å². The smallest absolute Gasteiger partial charge is 0.229 e. The maximum absolute atomic E-state index is 12.0. The van der Waals surface area contributed by atoms with Crippen LogP contribution in [0.2, 0.25) is 0 Å². The molecule has 1 unspecified atom stereocenters. The normalized spacial score (nSPS) is 17.3. The van der Waals surface area contributed by atoms with E-state index in [-0.39, 0.29) is 30.3 Å². The van der Waals surface area contributed by atoms with Gasteiger partial charge >= 0.3 is 0 Å². The van der Waals surface area contributed by atoms with Crippen LogP contribution in [0.4, 0.5) is 0 Å². The van der Waals surface area contributed by atoms with Crippen molar-refractivity contribution in [2.45, 2.75) is 64.0 Å². The molecule has 0 saturated heterocycles. The number of amides is 2. The lowest BCUT2D eigenvalue weighted by molar-refractivity contribution is -0.130. The quantitative estimate of drug-likeness (QED) is 0.648. The fourth-order valence-electron chi connectivity index (χ4n) is 2.97. The molecule has 2 rings (SSSR count). The van der Waals surface area contributed by atoms with Gasteiger partial charge in [0.25, 0.3) is 0 Å². The van der Waals surface area contributed by atoms with Gasteiger partial charge in [0.05, 0.1) is 6.04 Å². The molecule has 0 heterocycles. The van der Waals surface area contributed by atoms with Crippen LogP contribution in [0.5, 0.6) is 0 Å². The molecule has 22 heavy (non-hydrogen) atoms. The highest BCUT2D eigenvalue weighted by molar-refractivity contribution is 5.97. The SMILES string of the molecule is CC(NC(=O)CC(=O)NC1CCCCCC1)c1ccccc1. The average molecular weight is 302 g/mol. The highest BCUT2D eigenvalue weighted by Gasteiger charge is 2.17. The van der Waals surface area contributed by atoms with Gasteiger partial charge in [-0.15, -0.1) is 0 Å². The zero-order chi connectivity index (χ0) is 15.8. The molecule has 1 atom stereocenters. The van der Waals surface area contributed by atoms with Crippen LogP contribution in [0.25, 0.3) is 0 Å². The van der Waals surface area contributed by atoms with Crippen LogP contribution in [-0.4, -0.2) is 17.9 Å². The molecular weight excluding hydrogens is 276 g/mol. The Labute approximate surface area is 132 Å². The summed E-state index contributed by atoms with van der Waals surface area (Å²) in [6.07, 6.45) is 6.82. The molecule has 0 aromatic heterocycles. The predicted molar refractivity (Wildman–Crippen MR) is 87.2 cm³/mol. The summed E-state index contributed by atoms with van der Waals surface area (Å²) in [5.41, 5.74) is 1.04. The molecule has 0 spiro atoms. The first-order chi connectivity index (χ1) is 10.6. The average Bonchev–Trinajstić information content (AvgIpc) is 2.76. The lowest BCUT2D eigenvalue weighted by Gasteiger charge is -2.17. The molecule has 1 aliphatic carbocycles. The summed E-state index contributed by atoms with van der Waals surface area (Å²) in [7, 11) is 0. The first-order valence-electron chi connectivity index (χ1n) is 8.29. The minimum atomic E-state index is -0.220. The van der Waals surface area contributed by atoms with E-state index in [1.807, 2.05) is 37.3 Å². The van der Waals surface area contributed by atoms with Crippen LogP contribution in [0, 0.1) is 0 Å². The van der Waals surface area contributed by atoms with Crippen LogP contribution >= 0.6 is 0 Å². The first-order valence-corrected chi connectivity index (χ1v) is 8.29. The van der Waals surface area contributed by atoms with E-state index in [0.29, 0.717) is 0 Å². The third kappa shape index (κ3) is 5.51. The van der Waals surface area contributed by atoms with E-state index in [0.717, 1.165) is 18.4 Å². The van der Waals surface area contributed by atoms with Gasteiger partial charge in [-0.05, 0) is 25.3 Å². The largest absolute Gasteiger partial charge is 0.353 e. The first kappa shape index (κ1) is 16.5. The van der Waals surface area contributed by atoms with Crippen LogP contribution in [-0.2, 0) is 9.59 Å². The molecule has 1 aromatic carbocycles. The van der Waals surface area contributed by atoms with Gasteiger partial charge in [0.1, 0.15) is 6.42 Å². The third-order valence-electron chi connectivity index (χ3n) is 4.22. The summed E-state index contributed by atoms with van der Waals surface area (Å²) in [5.74, 6) is -0.382. The van der Waals surface area contributed by atoms with Gasteiger partial charge in [0.15, 0.2) is 0 Å². The van der Waals surface area contributed by atoms with E-state index in [4.69, 9.17) is 0 Å². The Bertz CT molecular complexity index is 479. The zero-order valence-electron chi connectivity index (χ0n) is 13.3. The van der Waals surface area contributed by atoms with Crippen LogP contribution in [0.15, 0.2) is 30.3 Å². The van der Waals surface area contributed by atoms with Crippen molar-refractivity contribution < 1.29 is 9.59 Å². The maximum atomic E-state index is 12.0. The van der Waals surface area contributed by atoms with Gasteiger partial charge in [0, 0.05) is 6.04 Å². The Morgan fingerprint density at radius 3 is 2.32 bits per heavy atom. The van der Waals surface area contributed by atoms with E-state index >= 15 is 0 Å². The molecule has 120 valence electrons. The summed E-state index contributed by atoms with van der Waals surface area (Å²) in [4.78, 5) is 24.0. The van der Waals surface area contributed by atoms with E-state index in [2.05, 4.69) is 10.6 Å². The molecular formula is C18H26N2O2. The molecule has 4 heteroatoms. The highest BCUT2D eigenvalue weighted by atomic mass is 16.2. The number of rotatable bonds is 5. The summed E-state index contributed by atoms with van der Waals surface area (Å²) in [6, 6.07) is 9.92. The van der Waals surface area contributed by atoms with Crippen LogP contribution in [0.1, 0.15) is 63.5 Å². The molecule has 4 nitrogen and oxygen atoms in total. The highest BCUT2D eigenvalue weighted by Crippen LogP contribution is 2.17. The van der Waals surface area contributed by atoms with E-state index in [9.17, 15) is 9.59 Å². The minimum Gasteiger partial charge on any atom is -0.353 e. The van der Waals surface area contributed by atoms with Gasteiger partial charge < -0.3 is 10.6 Å². The van der Waals surface area contributed by atoms with E-state index < -0.39 is 0 Å². The summed E-state index contributed by atoms with van der Waals surface area (Å²) >= 11 is 0. The number of carbonyl (C=O) groups is 2.